The van der Waals surface area contributed by atoms with Gasteiger partial charge in [-0.05, 0) is 158 Å². The van der Waals surface area contributed by atoms with Gasteiger partial charge in [-0.1, -0.05) is 218 Å². The zero-order chi connectivity index (χ0) is 52.4. The van der Waals surface area contributed by atoms with Crippen molar-refractivity contribution in [3.05, 3.63) is 279 Å². The predicted molar refractivity (Wildman–Crippen MR) is 344 cm³/mol. The van der Waals surface area contributed by atoms with E-state index in [9.17, 15) is 0 Å². The highest BCUT2D eigenvalue weighted by atomic mass is 32.1. The summed E-state index contributed by atoms with van der Waals surface area (Å²) in [6, 6.07) is 101. The van der Waals surface area contributed by atoms with Gasteiger partial charge in [-0.3, -0.25) is 4.98 Å². The molecule has 14 aromatic carbocycles. The molecule has 3 heterocycles. The molecule has 0 saturated carbocycles. The molecule has 3 aromatic heterocycles. The molecule has 0 aliphatic rings. The normalized spacial score (nSPS) is 12.0. The van der Waals surface area contributed by atoms with Gasteiger partial charge in [0.05, 0.1) is 16.7 Å². The monoisotopic (exact) mass is 1030 g/mol. The molecule has 0 N–H and O–H groups in total. The highest BCUT2D eigenvalue weighted by molar-refractivity contribution is 7.26. The number of pyridine rings is 1. The Kier molecular flexibility index (Phi) is 9.92. The minimum absolute atomic E-state index is 0.944. The van der Waals surface area contributed by atoms with E-state index < -0.39 is 0 Å². The van der Waals surface area contributed by atoms with Crippen LogP contribution in [0.3, 0.4) is 0 Å². The molecule has 370 valence electrons. The fraction of sp³-hybridized carbons (Fsp3) is 0. The van der Waals surface area contributed by atoms with Crippen LogP contribution in [0.15, 0.2) is 279 Å². The van der Waals surface area contributed by atoms with E-state index in [0.29, 0.717) is 0 Å². The second-order valence-electron chi connectivity index (χ2n) is 21.3. The number of nitrogens with zero attached hydrogens (tertiary/aromatic N) is 2. The Labute approximate surface area is 465 Å². The van der Waals surface area contributed by atoms with E-state index in [1.54, 1.807) is 0 Å². The summed E-state index contributed by atoms with van der Waals surface area (Å²) in [5.74, 6) is 0. The summed E-state index contributed by atoms with van der Waals surface area (Å²) in [6.07, 6.45) is 2.09. The van der Waals surface area contributed by atoms with Gasteiger partial charge >= 0.3 is 0 Å². The van der Waals surface area contributed by atoms with Crippen LogP contribution in [0.1, 0.15) is 0 Å². The lowest BCUT2D eigenvalue weighted by atomic mass is 9.85. The van der Waals surface area contributed by atoms with Crippen molar-refractivity contribution in [3.8, 4) is 61.5 Å². The molecule has 0 spiro atoms. The lowest BCUT2D eigenvalue weighted by molar-refractivity contribution is 1.18. The number of hydrogen-bond donors (Lipinski definition) is 0. The first-order valence-corrected chi connectivity index (χ1v) is 28.3. The number of para-hydroxylation sites is 2. The first-order chi connectivity index (χ1) is 39.7. The third kappa shape index (κ3) is 6.81. The average Bonchev–Trinajstić information content (AvgIpc) is 4.24. The molecule has 80 heavy (non-hydrogen) atoms. The van der Waals surface area contributed by atoms with E-state index >= 15 is 0 Å². The van der Waals surface area contributed by atoms with Crippen LogP contribution in [0.5, 0.6) is 0 Å². The molecule has 0 saturated heterocycles. The minimum Gasteiger partial charge on any atom is -0.309 e. The molecule has 3 heteroatoms. The number of hydrogen-bond acceptors (Lipinski definition) is 2. The second kappa shape index (κ2) is 17.7. The first-order valence-electron chi connectivity index (χ1n) is 27.5. The van der Waals surface area contributed by atoms with Crippen molar-refractivity contribution in [2.24, 2.45) is 0 Å². The van der Waals surface area contributed by atoms with Gasteiger partial charge in [0.25, 0.3) is 0 Å². The van der Waals surface area contributed by atoms with Gasteiger partial charge in [0, 0.05) is 53.8 Å². The Balaban J connectivity index is 0.928. The maximum Gasteiger partial charge on any atom is 0.0708 e. The Morgan fingerprint density at radius 3 is 1.35 bits per heavy atom. The fourth-order valence-electron chi connectivity index (χ4n) is 13.4. The maximum atomic E-state index is 5.26. The molecule has 0 unspecified atom stereocenters. The zero-order valence-corrected chi connectivity index (χ0v) is 44.2. The van der Waals surface area contributed by atoms with Gasteiger partial charge in [0.1, 0.15) is 0 Å². The molecule has 0 aliphatic carbocycles. The summed E-state index contributed by atoms with van der Waals surface area (Å²) >= 11 is 1.88. The highest BCUT2D eigenvalue weighted by Crippen LogP contribution is 2.47. The van der Waals surface area contributed by atoms with E-state index in [1.165, 1.54) is 112 Å². The molecule has 17 rings (SSSR count). The minimum atomic E-state index is 0.944. The van der Waals surface area contributed by atoms with Gasteiger partial charge in [-0.15, -0.1) is 11.3 Å². The zero-order valence-electron chi connectivity index (χ0n) is 43.4. The van der Waals surface area contributed by atoms with Crippen LogP contribution in [0.2, 0.25) is 0 Å². The SMILES string of the molecule is c1cc(-c2cc3c4ccccc4c4ccccc4c3cn2)cc(-c2cc(-c3cccc4c3sc3ccccc34)ccc2-c2ccc(-n3c4ccccc4c4ccccc43)cc2-c2ccc3c4ccccc4c4ccccc4c3c2)c1. The van der Waals surface area contributed by atoms with Crippen molar-refractivity contribution in [2.45, 2.75) is 0 Å². The van der Waals surface area contributed by atoms with Crippen LogP contribution in [0, 0.1) is 0 Å². The van der Waals surface area contributed by atoms with Crippen molar-refractivity contribution in [3.63, 3.8) is 0 Å². The summed E-state index contributed by atoms with van der Waals surface area (Å²) in [5, 5.41) is 20.0. The lowest BCUT2D eigenvalue weighted by Crippen LogP contribution is -1.97. The maximum absolute atomic E-state index is 5.26. The Bertz CT molecular complexity index is 5320. The molecule has 2 nitrogen and oxygen atoms in total. The van der Waals surface area contributed by atoms with Crippen LogP contribution in [-0.2, 0) is 0 Å². The molecular weight excluding hydrogens is 985 g/mol. The van der Waals surface area contributed by atoms with Gasteiger partial charge < -0.3 is 4.57 Å². The van der Waals surface area contributed by atoms with Crippen LogP contribution in [-0.4, -0.2) is 9.55 Å². The third-order valence-electron chi connectivity index (χ3n) is 17.0. The largest absolute Gasteiger partial charge is 0.309 e. The van der Waals surface area contributed by atoms with Crippen molar-refractivity contribution in [2.75, 3.05) is 0 Å². The van der Waals surface area contributed by atoms with Crippen molar-refractivity contribution in [1.82, 2.24) is 9.55 Å². The molecule has 0 amide bonds. The molecule has 0 fully saturated rings. The Hall–Kier alpha value is -10.2. The molecule has 17 aromatic rings. The van der Waals surface area contributed by atoms with Gasteiger partial charge in [0.2, 0.25) is 0 Å². The lowest BCUT2D eigenvalue weighted by Gasteiger charge is -2.20. The van der Waals surface area contributed by atoms with Crippen LogP contribution < -0.4 is 0 Å². The third-order valence-corrected chi connectivity index (χ3v) is 18.2. The van der Waals surface area contributed by atoms with Crippen molar-refractivity contribution >= 4 is 118 Å². The summed E-state index contributed by atoms with van der Waals surface area (Å²) in [4.78, 5) is 5.26. The Morgan fingerprint density at radius 1 is 0.250 bits per heavy atom. The van der Waals surface area contributed by atoms with Crippen LogP contribution >= 0.6 is 11.3 Å². The number of aromatic nitrogens is 2. The number of rotatable bonds is 6. The van der Waals surface area contributed by atoms with Gasteiger partial charge in [-0.2, -0.15) is 0 Å². The summed E-state index contributed by atoms with van der Waals surface area (Å²) < 4.78 is 5.05. The van der Waals surface area contributed by atoms with Gasteiger partial charge in [0.15, 0.2) is 0 Å². The predicted octanol–water partition coefficient (Wildman–Crippen LogP) is 21.8. The summed E-state index contributed by atoms with van der Waals surface area (Å²) in [5.41, 5.74) is 14.8. The molecular formula is C77H46N2S. The average molecular weight is 1030 g/mol. The van der Waals surface area contributed by atoms with E-state index in [4.69, 9.17) is 4.98 Å². The highest BCUT2D eigenvalue weighted by Gasteiger charge is 2.21. The molecule has 0 bridgehead atoms. The van der Waals surface area contributed by atoms with E-state index in [-0.39, 0.29) is 0 Å². The molecule has 0 radical (unpaired) electrons. The first kappa shape index (κ1) is 44.9. The standard InChI is InChI=1S/C77H46N2S/c1-2-23-57-53(19-1)54-20-3-6-24-58(54)70-43-49(36-39-63(57)70)69-44-51(79-74-32-12-9-27-64(74)65-28-10-13-33-75(65)79)37-40-62(69)61-38-35-48(52-30-16-31-67-66-29-11-14-34-76(66)80-77(52)67)42-68(61)47-17-15-18-50(41-47)73-45-71-59-25-7-4-21-55(59)56-22-5-8-26-60(56)72(71)46-78-73/h1-46H. The molecule has 0 atom stereocenters. The Morgan fingerprint density at radius 2 is 0.700 bits per heavy atom. The van der Waals surface area contributed by atoms with Gasteiger partial charge in [-0.25, -0.2) is 0 Å². The second-order valence-corrected chi connectivity index (χ2v) is 22.3. The number of fused-ring (bicyclic) bond motifs is 18. The van der Waals surface area contributed by atoms with Crippen molar-refractivity contribution < 1.29 is 0 Å². The quantitative estimate of drug-likeness (QED) is 0.152. The number of thiophene rings is 1. The molecule has 0 aliphatic heterocycles. The van der Waals surface area contributed by atoms with Crippen LogP contribution in [0.25, 0.3) is 168 Å². The van der Waals surface area contributed by atoms with E-state index in [0.717, 1.165) is 55.7 Å². The van der Waals surface area contributed by atoms with E-state index in [2.05, 4.69) is 284 Å². The number of benzene rings is 14. The van der Waals surface area contributed by atoms with Crippen molar-refractivity contribution in [1.29, 1.82) is 0 Å². The fourth-order valence-corrected chi connectivity index (χ4v) is 14.6. The van der Waals surface area contributed by atoms with E-state index in [1.807, 2.05) is 11.3 Å². The summed E-state index contributed by atoms with van der Waals surface area (Å²) in [6.45, 7) is 0. The summed E-state index contributed by atoms with van der Waals surface area (Å²) in [7, 11) is 0. The van der Waals surface area contributed by atoms with Crippen LogP contribution in [0.4, 0.5) is 0 Å². The topological polar surface area (TPSA) is 17.8 Å². The smallest absolute Gasteiger partial charge is 0.0708 e.